The van der Waals surface area contributed by atoms with Gasteiger partial charge in [-0.2, -0.15) is 0 Å². The highest BCUT2D eigenvalue weighted by Gasteiger charge is 2.15. The van der Waals surface area contributed by atoms with Crippen molar-refractivity contribution in [3.8, 4) is 0 Å². The Bertz CT molecular complexity index is 533. The predicted molar refractivity (Wildman–Crippen MR) is 88.6 cm³/mol. The Morgan fingerprint density at radius 3 is 1.47 bits per heavy atom. The molecule has 0 heterocycles. The van der Waals surface area contributed by atoms with Crippen LogP contribution < -0.4 is 10.6 Å². The Morgan fingerprint density at radius 1 is 0.737 bits per heavy atom. The maximum atomic E-state index is 2.33. The summed E-state index contributed by atoms with van der Waals surface area (Å²) in [6.07, 6.45) is 1.21. The highest BCUT2D eigenvalue weighted by atomic mass is 31.1. The van der Waals surface area contributed by atoms with Crippen molar-refractivity contribution < 1.29 is 0 Å². The molecule has 0 spiro atoms. The molecule has 0 saturated heterocycles. The van der Waals surface area contributed by atoms with Crippen LogP contribution in [0.25, 0.3) is 0 Å². The van der Waals surface area contributed by atoms with Gasteiger partial charge in [0.25, 0.3) is 0 Å². The molecule has 19 heavy (non-hydrogen) atoms. The second-order valence-corrected chi connectivity index (χ2v) is 7.78. The van der Waals surface area contributed by atoms with Gasteiger partial charge >= 0.3 is 0 Å². The molecule has 0 saturated carbocycles. The fourth-order valence-corrected chi connectivity index (χ4v) is 5.12. The standard InChI is InChI=1S/C18H23P/c1-6-19(17-9-7-13(2)11-15(17)4)18-10-8-14(3)12-16(18)5/h7-12H,6H2,1-5H3. The van der Waals surface area contributed by atoms with E-state index in [1.165, 1.54) is 39.0 Å². The van der Waals surface area contributed by atoms with Crippen molar-refractivity contribution in [3.05, 3.63) is 58.7 Å². The van der Waals surface area contributed by atoms with Crippen molar-refractivity contribution in [2.75, 3.05) is 6.16 Å². The van der Waals surface area contributed by atoms with Crippen LogP contribution >= 0.6 is 7.92 Å². The monoisotopic (exact) mass is 270 g/mol. The molecule has 0 radical (unpaired) electrons. The molecule has 0 amide bonds. The van der Waals surface area contributed by atoms with Crippen LogP contribution in [0.1, 0.15) is 29.2 Å². The molecule has 100 valence electrons. The molecule has 0 unspecified atom stereocenters. The molecule has 0 fully saturated rings. The van der Waals surface area contributed by atoms with Gasteiger partial charge in [-0.1, -0.05) is 54.4 Å². The minimum Gasteiger partial charge on any atom is -0.0608 e. The zero-order chi connectivity index (χ0) is 14.0. The van der Waals surface area contributed by atoms with Crippen LogP contribution in [0.15, 0.2) is 36.4 Å². The van der Waals surface area contributed by atoms with E-state index in [0.717, 1.165) is 0 Å². The van der Waals surface area contributed by atoms with Gasteiger partial charge in [-0.25, -0.2) is 0 Å². The molecule has 0 aliphatic carbocycles. The molecule has 2 aromatic carbocycles. The van der Waals surface area contributed by atoms with Crippen molar-refractivity contribution in [3.63, 3.8) is 0 Å². The van der Waals surface area contributed by atoms with Gasteiger partial charge in [0, 0.05) is 0 Å². The molecule has 0 atom stereocenters. The fraction of sp³-hybridized carbons (Fsp3) is 0.333. The smallest absolute Gasteiger partial charge is 0.0166 e. The van der Waals surface area contributed by atoms with Crippen molar-refractivity contribution >= 4 is 18.5 Å². The number of benzene rings is 2. The second kappa shape index (κ2) is 5.88. The normalized spacial score (nSPS) is 11.1. The molecular weight excluding hydrogens is 247 g/mol. The molecule has 0 bridgehead atoms. The number of hydrogen-bond acceptors (Lipinski definition) is 0. The van der Waals surface area contributed by atoms with Gasteiger partial charge in [0.05, 0.1) is 0 Å². The molecule has 0 aliphatic rings. The zero-order valence-electron chi connectivity index (χ0n) is 12.6. The van der Waals surface area contributed by atoms with Crippen LogP contribution in [-0.2, 0) is 0 Å². The maximum absolute atomic E-state index is 2.33. The summed E-state index contributed by atoms with van der Waals surface area (Å²) in [5.41, 5.74) is 5.58. The topological polar surface area (TPSA) is 0 Å². The van der Waals surface area contributed by atoms with E-state index in [-0.39, 0.29) is 7.92 Å². The molecule has 0 aliphatic heterocycles. The van der Waals surface area contributed by atoms with E-state index < -0.39 is 0 Å². The van der Waals surface area contributed by atoms with Crippen molar-refractivity contribution in [2.24, 2.45) is 0 Å². The largest absolute Gasteiger partial charge is 0.0608 e. The molecule has 0 nitrogen and oxygen atoms in total. The van der Waals surface area contributed by atoms with E-state index in [4.69, 9.17) is 0 Å². The van der Waals surface area contributed by atoms with E-state index in [1.807, 2.05) is 0 Å². The highest BCUT2D eigenvalue weighted by molar-refractivity contribution is 7.73. The molecule has 2 rings (SSSR count). The van der Waals surface area contributed by atoms with Gasteiger partial charge in [0.15, 0.2) is 0 Å². The average molecular weight is 270 g/mol. The average Bonchev–Trinajstić information content (AvgIpc) is 2.34. The minimum atomic E-state index is -0.215. The second-order valence-electron chi connectivity index (χ2n) is 5.32. The van der Waals surface area contributed by atoms with E-state index in [1.54, 1.807) is 0 Å². The maximum Gasteiger partial charge on any atom is -0.0166 e. The van der Waals surface area contributed by atoms with Crippen LogP contribution in [0.3, 0.4) is 0 Å². The predicted octanol–water partition coefficient (Wildman–Crippen LogP) is 4.37. The summed E-state index contributed by atoms with van der Waals surface area (Å²) < 4.78 is 0. The number of rotatable bonds is 3. The van der Waals surface area contributed by atoms with Crippen LogP contribution in [0, 0.1) is 27.7 Å². The van der Waals surface area contributed by atoms with Gasteiger partial charge in [-0.3, -0.25) is 0 Å². The fourth-order valence-electron chi connectivity index (χ4n) is 2.69. The zero-order valence-corrected chi connectivity index (χ0v) is 13.5. The van der Waals surface area contributed by atoms with E-state index in [0.29, 0.717) is 0 Å². The third kappa shape index (κ3) is 3.07. The Labute approximate surface area is 118 Å². The molecule has 0 aromatic heterocycles. The Morgan fingerprint density at radius 2 is 1.16 bits per heavy atom. The lowest BCUT2D eigenvalue weighted by atomic mass is 10.2. The summed E-state index contributed by atoms with van der Waals surface area (Å²) in [7, 11) is -0.215. The minimum absolute atomic E-state index is 0.215. The first-order valence-corrected chi connectivity index (χ1v) is 8.47. The molecule has 2 aromatic rings. The first kappa shape index (κ1) is 14.3. The Kier molecular flexibility index (Phi) is 4.42. The van der Waals surface area contributed by atoms with Gasteiger partial charge in [0.1, 0.15) is 0 Å². The van der Waals surface area contributed by atoms with Gasteiger partial charge < -0.3 is 0 Å². The van der Waals surface area contributed by atoms with E-state index in [9.17, 15) is 0 Å². The van der Waals surface area contributed by atoms with Crippen LogP contribution in [0.5, 0.6) is 0 Å². The van der Waals surface area contributed by atoms with Crippen molar-refractivity contribution in [1.29, 1.82) is 0 Å². The first-order chi connectivity index (χ1) is 9.02. The Balaban J connectivity index is 2.50. The van der Waals surface area contributed by atoms with E-state index in [2.05, 4.69) is 71.0 Å². The van der Waals surface area contributed by atoms with Gasteiger partial charge in [-0.15, -0.1) is 0 Å². The Hall–Kier alpha value is -1.13. The summed E-state index contributed by atoms with van der Waals surface area (Å²) in [5.74, 6) is 0. The molecule has 0 N–H and O–H groups in total. The third-order valence-electron chi connectivity index (χ3n) is 3.60. The molecular formula is C18H23P. The van der Waals surface area contributed by atoms with Crippen molar-refractivity contribution in [2.45, 2.75) is 34.6 Å². The lowest BCUT2D eigenvalue weighted by Gasteiger charge is -2.21. The van der Waals surface area contributed by atoms with Crippen molar-refractivity contribution in [1.82, 2.24) is 0 Å². The van der Waals surface area contributed by atoms with Crippen LogP contribution in [-0.4, -0.2) is 6.16 Å². The van der Waals surface area contributed by atoms with Crippen LogP contribution in [0.2, 0.25) is 0 Å². The quantitative estimate of drug-likeness (QED) is 0.726. The summed E-state index contributed by atoms with van der Waals surface area (Å²) in [4.78, 5) is 0. The number of hydrogen-bond donors (Lipinski definition) is 0. The summed E-state index contributed by atoms with van der Waals surface area (Å²) in [5, 5.41) is 3.07. The SMILES string of the molecule is CCP(c1ccc(C)cc1C)c1ccc(C)cc1C. The van der Waals surface area contributed by atoms with E-state index >= 15 is 0 Å². The lowest BCUT2D eigenvalue weighted by Crippen LogP contribution is -2.18. The number of aryl methyl sites for hydroxylation is 4. The van der Waals surface area contributed by atoms with Crippen LogP contribution in [0.4, 0.5) is 0 Å². The van der Waals surface area contributed by atoms with Gasteiger partial charge in [-0.05, 0) is 63.5 Å². The molecule has 1 heteroatoms. The first-order valence-electron chi connectivity index (χ1n) is 6.95. The summed E-state index contributed by atoms with van der Waals surface area (Å²) >= 11 is 0. The van der Waals surface area contributed by atoms with Gasteiger partial charge in [0.2, 0.25) is 0 Å². The summed E-state index contributed by atoms with van der Waals surface area (Å²) in [6.45, 7) is 11.1. The lowest BCUT2D eigenvalue weighted by molar-refractivity contribution is 1.39. The summed E-state index contributed by atoms with van der Waals surface area (Å²) in [6, 6.07) is 13.8. The highest BCUT2D eigenvalue weighted by Crippen LogP contribution is 2.35. The third-order valence-corrected chi connectivity index (χ3v) is 6.40.